The van der Waals surface area contributed by atoms with Crippen molar-refractivity contribution in [2.24, 2.45) is 11.7 Å². The molecule has 1 aromatic carbocycles. The van der Waals surface area contributed by atoms with Gasteiger partial charge in [0.15, 0.2) is 0 Å². The minimum Gasteiger partial charge on any atom is -0.369 e. The molecule has 122 valence electrons. The van der Waals surface area contributed by atoms with Gasteiger partial charge in [-0.2, -0.15) is 0 Å². The van der Waals surface area contributed by atoms with E-state index in [0.717, 1.165) is 12.8 Å². The molecular weight excluding hydrogens is 300 g/mol. The predicted molar refractivity (Wildman–Crippen MR) is 83.1 cm³/mol. The van der Waals surface area contributed by atoms with Crippen LogP contribution in [-0.4, -0.2) is 35.9 Å². The molecule has 0 bridgehead atoms. The van der Waals surface area contributed by atoms with Gasteiger partial charge < -0.3 is 16.0 Å². The molecule has 8 nitrogen and oxygen atoms in total. The number of nitrogens with zero attached hydrogens (tertiary/aromatic N) is 2. The summed E-state index contributed by atoms with van der Waals surface area (Å²) in [4.78, 5) is 35.9. The Hall–Kier alpha value is -2.64. The molecule has 8 heteroatoms. The summed E-state index contributed by atoms with van der Waals surface area (Å²) in [6, 6.07) is 4.64. The minimum absolute atomic E-state index is 0.126. The third kappa shape index (κ3) is 3.25. The van der Waals surface area contributed by atoms with Crippen LogP contribution in [0.25, 0.3) is 0 Å². The second-order valence-corrected chi connectivity index (χ2v) is 6.04. The highest BCUT2D eigenvalue weighted by atomic mass is 16.6. The average molecular weight is 318 g/mol. The van der Waals surface area contributed by atoms with Gasteiger partial charge in [-0.3, -0.25) is 19.7 Å². The summed E-state index contributed by atoms with van der Waals surface area (Å²) in [6.07, 6.45) is 2.48. The predicted octanol–water partition coefficient (Wildman–Crippen LogP) is 0.799. The maximum Gasteiger partial charge on any atom is 0.293 e. The lowest BCUT2D eigenvalue weighted by molar-refractivity contribution is -0.384. The Bertz CT molecular complexity index is 671. The summed E-state index contributed by atoms with van der Waals surface area (Å²) in [5, 5.41) is 14.2. The molecule has 3 N–H and O–H groups in total. The van der Waals surface area contributed by atoms with Gasteiger partial charge in [-0.25, -0.2) is 0 Å². The Labute approximate surface area is 132 Å². The van der Waals surface area contributed by atoms with Crippen molar-refractivity contribution in [3.05, 3.63) is 33.9 Å². The molecule has 2 aliphatic rings. The first-order valence-corrected chi connectivity index (χ1v) is 7.59. The zero-order chi connectivity index (χ0) is 16.6. The van der Waals surface area contributed by atoms with E-state index in [1.54, 1.807) is 17.0 Å². The van der Waals surface area contributed by atoms with Gasteiger partial charge in [0.25, 0.3) is 11.6 Å². The Balaban J connectivity index is 1.84. The highest BCUT2D eigenvalue weighted by Crippen LogP contribution is 2.33. The summed E-state index contributed by atoms with van der Waals surface area (Å²) < 4.78 is 0. The lowest BCUT2D eigenvalue weighted by atomic mass is 10.1. The van der Waals surface area contributed by atoms with E-state index in [0.29, 0.717) is 25.2 Å². The van der Waals surface area contributed by atoms with Crippen molar-refractivity contribution >= 4 is 23.2 Å². The van der Waals surface area contributed by atoms with E-state index in [-0.39, 0.29) is 29.1 Å². The van der Waals surface area contributed by atoms with Crippen molar-refractivity contribution in [2.45, 2.75) is 25.3 Å². The van der Waals surface area contributed by atoms with Crippen molar-refractivity contribution < 1.29 is 14.5 Å². The van der Waals surface area contributed by atoms with Crippen LogP contribution in [0.15, 0.2) is 18.2 Å². The number of nitrogens with two attached hydrogens (primary N) is 1. The van der Waals surface area contributed by atoms with Gasteiger partial charge in [-0.05, 0) is 31.4 Å². The third-order valence-electron chi connectivity index (χ3n) is 4.28. The molecule has 23 heavy (non-hydrogen) atoms. The standard InChI is InChI=1S/C15H18N4O4/c16-14(20)10-5-6-18(8-10)12-4-1-9(7-13(12)19(22)23)15(21)17-11-2-3-11/h1,4,7,10-11H,2-3,5-6,8H2,(H2,16,20)(H,17,21)/t10-/m0/s1. The second kappa shape index (κ2) is 5.86. The van der Waals surface area contributed by atoms with Gasteiger partial charge in [-0.1, -0.05) is 0 Å². The third-order valence-corrected chi connectivity index (χ3v) is 4.28. The van der Waals surface area contributed by atoms with Crippen LogP contribution in [0.5, 0.6) is 0 Å². The molecule has 0 spiro atoms. The molecule has 1 atom stereocenters. The average Bonchev–Trinajstić information content (AvgIpc) is 3.18. The number of nitrogens with one attached hydrogen (secondary N) is 1. The molecular formula is C15H18N4O4. The molecule has 2 fully saturated rings. The Kier molecular flexibility index (Phi) is 3.89. The summed E-state index contributed by atoms with van der Waals surface area (Å²) in [5.41, 5.74) is 5.87. The van der Waals surface area contributed by atoms with Gasteiger partial charge in [-0.15, -0.1) is 0 Å². The van der Waals surface area contributed by atoms with E-state index in [4.69, 9.17) is 5.73 Å². The number of benzene rings is 1. The van der Waals surface area contributed by atoms with E-state index in [9.17, 15) is 19.7 Å². The fourth-order valence-electron chi connectivity index (χ4n) is 2.79. The highest BCUT2D eigenvalue weighted by Gasteiger charge is 2.31. The van der Waals surface area contributed by atoms with E-state index in [1.165, 1.54) is 6.07 Å². The zero-order valence-electron chi connectivity index (χ0n) is 12.5. The van der Waals surface area contributed by atoms with E-state index >= 15 is 0 Å². The molecule has 1 saturated carbocycles. The molecule has 0 aromatic heterocycles. The van der Waals surface area contributed by atoms with Crippen LogP contribution in [0.2, 0.25) is 0 Å². The molecule has 0 unspecified atom stereocenters. The van der Waals surface area contributed by atoms with Gasteiger partial charge in [0.2, 0.25) is 5.91 Å². The normalized spacial score (nSPS) is 20.3. The number of rotatable bonds is 5. The first-order valence-electron chi connectivity index (χ1n) is 7.59. The van der Waals surface area contributed by atoms with E-state index < -0.39 is 10.8 Å². The molecule has 3 rings (SSSR count). The summed E-state index contributed by atoms with van der Waals surface area (Å²) in [6.45, 7) is 0.895. The fourth-order valence-corrected chi connectivity index (χ4v) is 2.79. The number of carbonyl (C=O) groups excluding carboxylic acids is 2. The Morgan fingerprint density at radius 3 is 2.61 bits per heavy atom. The zero-order valence-corrected chi connectivity index (χ0v) is 12.5. The first-order chi connectivity index (χ1) is 11.0. The van der Waals surface area contributed by atoms with Gasteiger partial charge in [0.05, 0.1) is 10.8 Å². The van der Waals surface area contributed by atoms with Gasteiger partial charge >= 0.3 is 0 Å². The smallest absolute Gasteiger partial charge is 0.293 e. The van der Waals surface area contributed by atoms with Crippen LogP contribution in [0.1, 0.15) is 29.6 Å². The number of amides is 2. The fraction of sp³-hybridized carbons (Fsp3) is 0.467. The quantitative estimate of drug-likeness (QED) is 0.615. The number of anilines is 1. The van der Waals surface area contributed by atoms with Crippen molar-refractivity contribution in [2.75, 3.05) is 18.0 Å². The van der Waals surface area contributed by atoms with Crippen LogP contribution >= 0.6 is 0 Å². The van der Waals surface area contributed by atoms with Crippen LogP contribution in [-0.2, 0) is 4.79 Å². The van der Waals surface area contributed by atoms with E-state index in [1.807, 2.05) is 0 Å². The summed E-state index contributed by atoms with van der Waals surface area (Å²) in [7, 11) is 0. The number of nitro benzene ring substituents is 1. The maximum atomic E-state index is 12.0. The molecule has 1 saturated heterocycles. The highest BCUT2D eigenvalue weighted by molar-refractivity contribution is 5.96. The van der Waals surface area contributed by atoms with Crippen LogP contribution in [0, 0.1) is 16.0 Å². The lowest BCUT2D eigenvalue weighted by Crippen LogP contribution is -2.28. The maximum absolute atomic E-state index is 12.0. The largest absolute Gasteiger partial charge is 0.369 e. The van der Waals surface area contributed by atoms with Gasteiger partial charge in [0, 0.05) is 30.8 Å². The van der Waals surface area contributed by atoms with Crippen molar-refractivity contribution in [3.63, 3.8) is 0 Å². The molecule has 1 aliphatic heterocycles. The molecule has 1 heterocycles. The lowest BCUT2D eigenvalue weighted by Gasteiger charge is -2.18. The van der Waals surface area contributed by atoms with Crippen molar-refractivity contribution in [3.8, 4) is 0 Å². The number of hydrogen-bond donors (Lipinski definition) is 2. The Morgan fingerprint density at radius 2 is 2.04 bits per heavy atom. The van der Waals surface area contributed by atoms with Crippen molar-refractivity contribution in [1.29, 1.82) is 0 Å². The van der Waals surface area contributed by atoms with Crippen LogP contribution in [0.4, 0.5) is 11.4 Å². The first kappa shape index (κ1) is 15.3. The Morgan fingerprint density at radius 1 is 1.30 bits per heavy atom. The van der Waals surface area contributed by atoms with Crippen LogP contribution in [0.3, 0.4) is 0 Å². The minimum atomic E-state index is -0.499. The van der Waals surface area contributed by atoms with E-state index in [2.05, 4.69) is 5.32 Å². The summed E-state index contributed by atoms with van der Waals surface area (Å²) >= 11 is 0. The summed E-state index contributed by atoms with van der Waals surface area (Å²) in [5.74, 6) is -0.985. The molecule has 1 aromatic rings. The topological polar surface area (TPSA) is 119 Å². The molecule has 0 radical (unpaired) electrons. The number of primary amides is 1. The number of nitro groups is 1. The monoisotopic (exact) mass is 318 g/mol. The van der Waals surface area contributed by atoms with Gasteiger partial charge in [0.1, 0.15) is 5.69 Å². The molecule has 1 aliphatic carbocycles. The number of hydrogen-bond acceptors (Lipinski definition) is 5. The SMILES string of the molecule is NC(=O)[C@H]1CCN(c2ccc(C(=O)NC3CC3)cc2[N+](=O)[O-])C1. The molecule has 2 amide bonds. The second-order valence-electron chi connectivity index (χ2n) is 6.04. The van der Waals surface area contributed by atoms with Crippen molar-refractivity contribution in [1.82, 2.24) is 5.32 Å². The van der Waals surface area contributed by atoms with Crippen LogP contribution < -0.4 is 16.0 Å². The number of carbonyl (C=O) groups is 2.